The van der Waals surface area contributed by atoms with Crippen LogP contribution in [0.25, 0.3) is 0 Å². The molecule has 0 aliphatic heterocycles. The summed E-state index contributed by atoms with van der Waals surface area (Å²) in [6, 6.07) is 4.67. The molecule has 1 unspecified atom stereocenters. The van der Waals surface area contributed by atoms with E-state index in [2.05, 4.69) is 37.1 Å². The summed E-state index contributed by atoms with van der Waals surface area (Å²) in [4.78, 5) is 4.08. The van der Waals surface area contributed by atoms with Gasteiger partial charge in [-0.3, -0.25) is 0 Å². The maximum atomic E-state index is 5.79. The van der Waals surface area contributed by atoms with Gasteiger partial charge in [-0.05, 0) is 67.7 Å². The van der Waals surface area contributed by atoms with E-state index in [1.54, 1.807) is 0 Å². The van der Waals surface area contributed by atoms with E-state index >= 15 is 0 Å². The number of aromatic nitrogens is 1. The Labute approximate surface area is 123 Å². The number of nitrogens with one attached hydrogen (secondary N) is 1. The molecule has 1 aliphatic carbocycles. The van der Waals surface area contributed by atoms with Gasteiger partial charge in [-0.15, -0.1) is 0 Å². The second-order valence-electron chi connectivity index (χ2n) is 6.96. The maximum absolute atomic E-state index is 5.79. The van der Waals surface area contributed by atoms with E-state index in [0.717, 1.165) is 18.9 Å². The highest BCUT2D eigenvalue weighted by Crippen LogP contribution is 2.39. The first-order valence-corrected chi connectivity index (χ1v) is 7.94. The number of hydrogen-bond acceptors (Lipinski definition) is 3. The second kappa shape index (κ2) is 6.57. The summed E-state index contributed by atoms with van der Waals surface area (Å²) in [5.74, 6) is 1.42. The van der Waals surface area contributed by atoms with Crippen LogP contribution in [0, 0.1) is 11.3 Å². The minimum absolute atomic E-state index is 0.536. The van der Waals surface area contributed by atoms with E-state index in [1.165, 1.54) is 31.2 Å². The monoisotopic (exact) mass is 275 g/mol. The lowest BCUT2D eigenvalue weighted by atomic mass is 9.70. The fraction of sp³-hybridized carbons (Fsp3) is 0.706. The molecule has 3 N–H and O–H groups in total. The Hall–Kier alpha value is -1.09. The molecule has 2 rings (SSSR count). The van der Waals surface area contributed by atoms with Crippen molar-refractivity contribution in [3.05, 3.63) is 23.9 Å². The summed E-state index contributed by atoms with van der Waals surface area (Å²) in [5.41, 5.74) is 7.63. The van der Waals surface area contributed by atoms with Crippen LogP contribution in [0.15, 0.2) is 18.3 Å². The molecule has 3 heteroatoms. The number of likely N-dealkylation sites (N-methyl/N-ethyl adjacent to an activating group) is 1. The predicted molar refractivity (Wildman–Crippen MR) is 85.6 cm³/mol. The van der Waals surface area contributed by atoms with Crippen LogP contribution in [0.3, 0.4) is 0 Å². The number of pyridine rings is 1. The Bertz CT molecular complexity index is 418. The Morgan fingerprint density at radius 2 is 2.10 bits per heavy atom. The van der Waals surface area contributed by atoms with Crippen molar-refractivity contribution in [3.8, 4) is 0 Å². The second-order valence-corrected chi connectivity index (χ2v) is 6.96. The molecule has 0 amide bonds. The summed E-state index contributed by atoms with van der Waals surface area (Å²) in [6.07, 6.45) is 8.25. The van der Waals surface area contributed by atoms with Crippen LogP contribution in [0.2, 0.25) is 0 Å². The van der Waals surface area contributed by atoms with Crippen LogP contribution in [-0.2, 0) is 6.42 Å². The summed E-state index contributed by atoms with van der Waals surface area (Å²) in [7, 11) is 0. The minimum Gasteiger partial charge on any atom is -0.384 e. The normalized spacial score (nSPS) is 20.8. The molecule has 1 aromatic rings. The largest absolute Gasteiger partial charge is 0.384 e. The van der Waals surface area contributed by atoms with E-state index in [9.17, 15) is 0 Å². The van der Waals surface area contributed by atoms with Gasteiger partial charge in [0.25, 0.3) is 0 Å². The molecule has 1 atom stereocenters. The van der Waals surface area contributed by atoms with Gasteiger partial charge in [-0.1, -0.05) is 20.8 Å². The molecule has 0 aromatic carbocycles. The molecule has 0 spiro atoms. The van der Waals surface area contributed by atoms with Gasteiger partial charge >= 0.3 is 0 Å². The summed E-state index contributed by atoms with van der Waals surface area (Å²) >= 11 is 0. The van der Waals surface area contributed by atoms with Crippen molar-refractivity contribution in [2.75, 3.05) is 12.3 Å². The highest BCUT2D eigenvalue weighted by Gasteiger charge is 2.31. The fourth-order valence-corrected chi connectivity index (χ4v) is 3.37. The van der Waals surface area contributed by atoms with Crippen LogP contribution in [0.4, 0.5) is 5.82 Å². The van der Waals surface area contributed by atoms with Gasteiger partial charge in [-0.25, -0.2) is 4.98 Å². The zero-order chi connectivity index (χ0) is 14.6. The molecule has 3 nitrogen and oxygen atoms in total. The Kier molecular flexibility index (Phi) is 5.03. The molecular formula is C17H29N3. The molecule has 0 saturated heterocycles. The summed E-state index contributed by atoms with van der Waals surface area (Å²) < 4.78 is 0. The van der Waals surface area contributed by atoms with E-state index in [4.69, 9.17) is 5.73 Å². The number of rotatable bonds is 5. The standard InChI is InChI=1S/C17H29N3/c1-4-19-15(11-13-7-10-20-16(18)12-13)14-5-8-17(2,3)9-6-14/h7,10,12,14-15,19H,4-6,8-9,11H2,1-3H3,(H2,18,20). The van der Waals surface area contributed by atoms with E-state index in [-0.39, 0.29) is 0 Å². The van der Waals surface area contributed by atoms with Gasteiger partial charge in [0.1, 0.15) is 5.82 Å². The van der Waals surface area contributed by atoms with Crippen LogP contribution in [0.1, 0.15) is 52.0 Å². The first-order chi connectivity index (χ1) is 9.50. The molecule has 0 bridgehead atoms. The number of anilines is 1. The third-order valence-corrected chi connectivity index (χ3v) is 4.72. The number of hydrogen-bond donors (Lipinski definition) is 2. The van der Waals surface area contributed by atoms with E-state index in [1.807, 2.05) is 12.3 Å². The van der Waals surface area contributed by atoms with Crippen molar-refractivity contribution in [3.63, 3.8) is 0 Å². The van der Waals surface area contributed by atoms with Crippen molar-refractivity contribution >= 4 is 5.82 Å². The average molecular weight is 275 g/mol. The topological polar surface area (TPSA) is 50.9 Å². The Morgan fingerprint density at radius 1 is 1.40 bits per heavy atom. The van der Waals surface area contributed by atoms with E-state index < -0.39 is 0 Å². The Balaban J connectivity index is 2.00. The lowest BCUT2D eigenvalue weighted by Crippen LogP contribution is -2.40. The van der Waals surface area contributed by atoms with Crippen molar-refractivity contribution in [1.29, 1.82) is 0 Å². The highest BCUT2D eigenvalue weighted by atomic mass is 14.9. The quantitative estimate of drug-likeness (QED) is 0.866. The van der Waals surface area contributed by atoms with Crippen molar-refractivity contribution in [2.24, 2.45) is 11.3 Å². The molecule has 1 aliphatic rings. The van der Waals surface area contributed by atoms with Gasteiger partial charge in [0.05, 0.1) is 0 Å². The zero-order valence-electron chi connectivity index (χ0n) is 13.2. The van der Waals surface area contributed by atoms with Crippen LogP contribution in [0.5, 0.6) is 0 Å². The lowest BCUT2D eigenvalue weighted by molar-refractivity contribution is 0.161. The first-order valence-electron chi connectivity index (χ1n) is 7.94. The van der Waals surface area contributed by atoms with Crippen molar-refractivity contribution < 1.29 is 0 Å². The number of nitrogens with two attached hydrogens (primary N) is 1. The molecular weight excluding hydrogens is 246 g/mol. The van der Waals surface area contributed by atoms with Crippen LogP contribution in [-0.4, -0.2) is 17.6 Å². The van der Waals surface area contributed by atoms with Gasteiger partial charge in [0.15, 0.2) is 0 Å². The van der Waals surface area contributed by atoms with Gasteiger partial charge < -0.3 is 11.1 Å². The lowest BCUT2D eigenvalue weighted by Gasteiger charge is -2.38. The average Bonchev–Trinajstić information content (AvgIpc) is 2.38. The SMILES string of the molecule is CCNC(Cc1ccnc(N)c1)C1CCC(C)(C)CC1. The van der Waals surface area contributed by atoms with Crippen molar-refractivity contribution in [2.45, 2.75) is 58.9 Å². The number of nitrogen functional groups attached to an aromatic ring is 1. The maximum Gasteiger partial charge on any atom is 0.123 e. The molecule has 1 fully saturated rings. The third-order valence-electron chi connectivity index (χ3n) is 4.72. The summed E-state index contributed by atoms with van der Waals surface area (Å²) in [5, 5.41) is 3.69. The van der Waals surface area contributed by atoms with Crippen LogP contribution < -0.4 is 11.1 Å². The molecule has 1 saturated carbocycles. The molecule has 112 valence electrons. The molecule has 0 radical (unpaired) electrons. The van der Waals surface area contributed by atoms with E-state index in [0.29, 0.717) is 17.3 Å². The third kappa shape index (κ3) is 4.20. The fourth-order valence-electron chi connectivity index (χ4n) is 3.37. The van der Waals surface area contributed by atoms with Gasteiger partial charge in [0, 0.05) is 12.2 Å². The predicted octanol–water partition coefficient (Wildman–Crippen LogP) is 3.40. The smallest absolute Gasteiger partial charge is 0.123 e. The molecule has 1 heterocycles. The van der Waals surface area contributed by atoms with Gasteiger partial charge in [0.2, 0.25) is 0 Å². The highest BCUT2D eigenvalue weighted by molar-refractivity contribution is 5.32. The zero-order valence-corrected chi connectivity index (χ0v) is 13.2. The molecule has 1 aromatic heterocycles. The summed E-state index contributed by atoms with van der Waals surface area (Å²) in [6.45, 7) is 8.02. The van der Waals surface area contributed by atoms with Crippen LogP contribution >= 0.6 is 0 Å². The number of nitrogens with zero attached hydrogens (tertiary/aromatic N) is 1. The Morgan fingerprint density at radius 3 is 2.70 bits per heavy atom. The molecule has 20 heavy (non-hydrogen) atoms. The van der Waals surface area contributed by atoms with Gasteiger partial charge in [-0.2, -0.15) is 0 Å². The van der Waals surface area contributed by atoms with Crippen molar-refractivity contribution in [1.82, 2.24) is 10.3 Å². The minimum atomic E-state index is 0.536. The first kappa shape index (κ1) is 15.3.